The second-order valence-electron chi connectivity index (χ2n) is 4.53. The maximum absolute atomic E-state index is 4.80. The lowest BCUT2D eigenvalue weighted by Gasteiger charge is -2.19. The highest BCUT2D eigenvalue weighted by atomic mass is 127. The third kappa shape index (κ3) is 3.17. The van der Waals surface area contributed by atoms with E-state index in [1.807, 2.05) is 12.1 Å². The van der Waals surface area contributed by atoms with Crippen LogP contribution in [0.2, 0.25) is 0 Å². The van der Waals surface area contributed by atoms with Gasteiger partial charge in [0.15, 0.2) is 5.17 Å². The van der Waals surface area contributed by atoms with Gasteiger partial charge in [0.25, 0.3) is 0 Å². The molecule has 1 aliphatic rings. The molecule has 20 heavy (non-hydrogen) atoms. The molecule has 0 bridgehead atoms. The molecular weight excluding hydrogens is 379 g/mol. The SMILES string of the molecule is CSC1=N[C@@H](c2ccccc2)[C@H](c2ccccc2)N1.I. The lowest BCUT2D eigenvalue weighted by Crippen LogP contribution is -2.22. The number of amidine groups is 1. The van der Waals surface area contributed by atoms with E-state index >= 15 is 0 Å². The Hall–Kier alpha value is -1.01. The second kappa shape index (κ2) is 7.13. The van der Waals surface area contributed by atoms with Crippen molar-refractivity contribution >= 4 is 40.9 Å². The number of aliphatic imine (C=N–C) groups is 1. The Morgan fingerprint density at radius 3 is 2.00 bits per heavy atom. The number of hydrogen-bond donors (Lipinski definition) is 1. The molecule has 0 amide bonds. The normalized spacial score (nSPS) is 20.8. The van der Waals surface area contributed by atoms with Crippen molar-refractivity contribution in [2.24, 2.45) is 4.99 Å². The Labute approximate surface area is 141 Å². The number of halogens is 1. The van der Waals surface area contributed by atoms with Gasteiger partial charge in [0.1, 0.15) is 6.04 Å². The molecule has 0 saturated carbocycles. The number of hydrogen-bond acceptors (Lipinski definition) is 3. The Morgan fingerprint density at radius 1 is 0.900 bits per heavy atom. The molecule has 104 valence electrons. The van der Waals surface area contributed by atoms with Gasteiger partial charge in [-0.2, -0.15) is 0 Å². The van der Waals surface area contributed by atoms with Gasteiger partial charge in [-0.1, -0.05) is 72.4 Å². The summed E-state index contributed by atoms with van der Waals surface area (Å²) < 4.78 is 0. The molecule has 3 rings (SSSR count). The first-order chi connectivity index (χ1) is 9.38. The van der Waals surface area contributed by atoms with E-state index < -0.39 is 0 Å². The van der Waals surface area contributed by atoms with Crippen molar-refractivity contribution in [2.75, 3.05) is 6.26 Å². The highest BCUT2D eigenvalue weighted by molar-refractivity contribution is 14.0. The van der Waals surface area contributed by atoms with Gasteiger partial charge in [-0.15, -0.1) is 24.0 Å². The van der Waals surface area contributed by atoms with Gasteiger partial charge >= 0.3 is 0 Å². The van der Waals surface area contributed by atoms with Crippen LogP contribution < -0.4 is 5.32 Å². The van der Waals surface area contributed by atoms with Crippen molar-refractivity contribution < 1.29 is 0 Å². The molecule has 2 aromatic carbocycles. The van der Waals surface area contributed by atoms with E-state index in [1.54, 1.807) is 11.8 Å². The summed E-state index contributed by atoms with van der Waals surface area (Å²) in [4.78, 5) is 4.80. The van der Waals surface area contributed by atoms with Crippen molar-refractivity contribution in [1.82, 2.24) is 5.32 Å². The third-order valence-electron chi connectivity index (χ3n) is 3.34. The molecule has 0 aromatic heterocycles. The predicted molar refractivity (Wildman–Crippen MR) is 97.9 cm³/mol. The van der Waals surface area contributed by atoms with Crippen molar-refractivity contribution in [3.8, 4) is 0 Å². The van der Waals surface area contributed by atoms with Gasteiger partial charge in [-0.05, 0) is 17.4 Å². The molecular formula is C16H17IN2S. The first-order valence-corrected chi connectivity index (χ1v) is 7.59. The van der Waals surface area contributed by atoms with E-state index in [0.717, 1.165) is 5.17 Å². The summed E-state index contributed by atoms with van der Waals surface area (Å²) in [6.07, 6.45) is 2.06. The van der Waals surface area contributed by atoms with Gasteiger partial charge in [0, 0.05) is 0 Å². The van der Waals surface area contributed by atoms with Gasteiger partial charge in [0.05, 0.1) is 6.04 Å². The highest BCUT2D eigenvalue weighted by Gasteiger charge is 2.30. The number of thioether (sulfide) groups is 1. The summed E-state index contributed by atoms with van der Waals surface area (Å²) in [5.74, 6) is 0. The summed E-state index contributed by atoms with van der Waals surface area (Å²) in [5, 5.41) is 4.53. The van der Waals surface area contributed by atoms with Crippen LogP contribution in [0.5, 0.6) is 0 Å². The maximum atomic E-state index is 4.80. The summed E-state index contributed by atoms with van der Waals surface area (Å²) >= 11 is 1.67. The first-order valence-electron chi connectivity index (χ1n) is 6.36. The molecule has 0 aliphatic carbocycles. The molecule has 1 aliphatic heterocycles. The maximum Gasteiger partial charge on any atom is 0.157 e. The smallest absolute Gasteiger partial charge is 0.157 e. The molecule has 0 saturated heterocycles. The summed E-state index contributed by atoms with van der Waals surface area (Å²) in [7, 11) is 0. The molecule has 1 N–H and O–H groups in total. The van der Waals surface area contributed by atoms with Crippen LogP contribution in [0.3, 0.4) is 0 Å². The molecule has 4 heteroatoms. The molecule has 0 spiro atoms. The Morgan fingerprint density at radius 2 is 1.45 bits per heavy atom. The Balaban J connectivity index is 0.00000147. The second-order valence-corrected chi connectivity index (χ2v) is 5.32. The van der Waals surface area contributed by atoms with Crippen LogP contribution in [-0.4, -0.2) is 11.4 Å². The van der Waals surface area contributed by atoms with E-state index in [2.05, 4.69) is 60.1 Å². The monoisotopic (exact) mass is 396 g/mol. The molecule has 1 heterocycles. The van der Waals surface area contributed by atoms with E-state index in [1.165, 1.54) is 11.1 Å². The average Bonchev–Trinajstić information content (AvgIpc) is 2.93. The number of nitrogens with one attached hydrogen (secondary N) is 1. The fourth-order valence-corrected chi connectivity index (χ4v) is 2.87. The lowest BCUT2D eigenvalue weighted by atomic mass is 9.95. The van der Waals surface area contributed by atoms with Crippen molar-refractivity contribution in [2.45, 2.75) is 12.1 Å². The largest absolute Gasteiger partial charge is 0.356 e. The predicted octanol–water partition coefficient (Wildman–Crippen LogP) is 4.41. The average molecular weight is 396 g/mol. The van der Waals surface area contributed by atoms with E-state index in [0.29, 0.717) is 0 Å². The quantitative estimate of drug-likeness (QED) is 0.761. The van der Waals surface area contributed by atoms with E-state index in [-0.39, 0.29) is 36.1 Å². The zero-order chi connectivity index (χ0) is 13.1. The van der Waals surface area contributed by atoms with Crippen LogP contribution in [0.1, 0.15) is 23.2 Å². The fraction of sp³-hybridized carbons (Fsp3) is 0.188. The topological polar surface area (TPSA) is 24.4 Å². The van der Waals surface area contributed by atoms with Gasteiger partial charge < -0.3 is 5.32 Å². The van der Waals surface area contributed by atoms with Crippen LogP contribution in [0.4, 0.5) is 0 Å². The van der Waals surface area contributed by atoms with Gasteiger partial charge in [0.2, 0.25) is 0 Å². The minimum atomic E-state index is 0. The molecule has 2 aromatic rings. The number of rotatable bonds is 2. The minimum absolute atomic E-state index is 0. The Kier molecular flexibility index (Phi) is 5.48. The minimum Gasteiger partial charge on any atom is -0.356 e. The van der Waals surface area contributed by atoms with Gasteiger partial charge in [-0.25, -0.2) is 0 Å². The first kappa shape index (κ1) is 15.4. The summed E-state index contributed by atoms with van der Waals surface area (Å²) in [6.45, 7) is 0. The van der Waals surface area contributed by atoms with Gasteiger partial charge in [-0.3, -0.25) is 4.99 Å². The molecule has 0 radical (unpaired) electrons. The fourth-order valence-electron chi connectivity index (χ4n) is 2.40. The van der Waals surface area contributed by atoms with Crippen LogP contribution in [-0.2, 0) is 0 Å². The zero-order valence-corrected chi connectivity index (χ0v) is 14.3. The Bertz CT molecular complexity index is 572. The van der Waals surface area contributed by atoms with Crippen LogP contribution in [0, 0.1) is 0 Å². The lowest BCUT2D eigenvalue weighted by molar-refractivity contribution is 0.573. The standard InChI is InChI=1S/C16H16N2S.HI/c1-19-16-17-14(12-8-4-2-5-9-12)15(18-16)13-10-6-3-7-11-13;/h2-11,14-15H,1H3,(H,17,18);1H/t14-,15-;/m0./s1. The number of nitrogens with zero attached hydrogens (tertiary/aromatic N) is 1. The molecule has 2 atom stereocenters. The van der Waals surface area contributed by atoms with Crippen LogP contribution in [0.25, 0.3) is 0 Å². The molecule has 0 fully saturated rings. The van der Waals surface area contributed by atoms with E-state index in [4.69, 9.17) is 4.99 Å². The number of benzene rings is 2. The van der Waals surface area contributed by atoms with Crippen LogP contribution >= 0.6 is 35.7 Å². The molecule has 2 nitrogen and oxygen atoms in total. The van der Waals surface area contributed by atoms with Crippen LogP contribution in [0.15, 0.2) is 65.7 Å². The van der Waals surface area contributed by atoms with Crippen molar-refractivity contribution in [3.63, 3.8) is 0 Å². The molecule has 0 unspecified atom stereocenters. The van der Waals surface area contributed by atoms with E-state index in [9.17, 15) is 0 Å². The highest BCUT2D eigenvalue weighted by Crippen LogP contribution is 2.37. The summed E-state index contributed by atoms with van der Waals surface area (Å²) in [6, 6.07) is 21.4. The van der Waals surface area contributed by atoms with Crippen molar-refractivity contribution in [3.05, 3.63) is 71.8 Å². The third-order valence-corrected chi connectivity index (χ3v) is 3.95. The van der Waals surface area contributed by atoms with Crippen molar-refractivity contribution in [1.29, 1.82) is 0 Å². The summed E-state index contributed by atoms with van der Waals surface area (Å²) in [5.41, 5.74) is 2.54. The zero-order valence-electron chi connectivity index (χ0n) is 11.2.